The summed E-state index contributed by atoms with van der Waals surface area (Å²) in [7, 11) is 0. The van der Waals surface area contributed by atoms with Crippen molar-refractivity contribution in [3.05, 3.63) is 55.1 Å². The summed E-state index contributed by atoms with van der Waals surface area (Å²) < 4.78 is 5.49. The smallest absolute Gasteiger partial charge is 0.245 e. The number of carbonyl (C=O) groups excluding carboxylic acids is 2. The molecule has 5 nitrogen and oxygen atoms in total. The molecular formula is C15H18N2O3. The van der Waals surface area contributed by atoms with Crippen LogP contribution in [0.3, 0.4) is 0 Å². The van der Waals surface area contributed by atoms with E-state index in [1.165, 1.54) is 0 Å². The third-order valence-electron chi connectivity index (χ3n) is 2.47. The molecule has 0 aliphatic rings. The van der Waals surface area contributed by atoms with E-state index in [9.17, 15) is 9.59 Å². The van der Waals surface area contributed by atoms with Crippen molar-refractivity contribution >= 4 is 11.8 Å². The first-order valence-corrected chi connectivity index (χ1v) is 6.20. The van der Waals surface area contributed by atoms with Gasteiger partial charge in [-0.15, -0.1) is 0 Å². The van der Waals surface area contributed by atoms with Crippen LogP contribution in [0, 0.1) is 0 Å². The second-order valence-electron chi connectivity index (χ2n) is 3.83. The molecule has 0 spiro atoms. The highest BCUT2D eigenvalue weighted by molar-refractivity contribution is 5.90. The third-order valence-corrected chi connectivity index (χ3v) is 2.47. The van der Waals surface area contributed by atoms with Crippen molar-refractivity contribution in [1.82, 2.24) is 10.6 Å². The minimum Gasteiger partial charge on any atom is -0.493 e. The lowest BCUT2D eigenvalue weighted by Crippen LogP contribution is -2.40. The molecule has 1 aromatic carbocycles. The lowest BCUT2D eigenvalue weighted by Gasteiger charge is -2.21. The summed E-state index contributed by atoms with van der Waals surface area (Å²) in [6.45, 7) is 9.12. The van der Waals surface area contributed by atoms with Gasteiger partial charge in [0.25, 0.3) is 0 Å². The Morgan fingerprint density at radius 3 is 2.25 bits per heavy atom. The number of amides is 2. The predicted octanol–water partition coefficient (Wildman–Crippen LogP) is 1.69. The van der Waals surface area contributed by atoms with Crippen molar-refractivity contribution in [2.24, 2.45) is 0 Å². The average molecular weight is 274 g/mol. The van der Waals surface area contributed by atoms with Gasteiger partial charge >= 0.3 is 0 Å². The molecule has 2 N–H and O–H groups in total. The van der Waals surface area contributed by atoms with Crippen molar-refractivity contribution in [3.8, 4) is 5.75 Å². The molecule has 0 bridgehead atoms. The topological polar surface area (TPSA) is 67.4 Å². The molecule has 0 atom stereocenters. The Bertz CT molecular complexity index is 490. The Hall–Kier alpha value is -2.56. The molecule has 5 heteroatoms. The molecule has 0 aromatic heterocycles. The molecule has 0 saturated heterocycles. The summed E-state index contributed by atoms with van der Waals surface area (Å²) in [5, 5.41) is 5.26. The number of rotatable bonds is 7. The van der Waals surface area contributed by atoms with Crippen LogP contribution in [0.4, 0.5) is 0 Å². The second-order valence-corrected chi connectivity index (χ2v) is 3.83. The number of para-hydroxylation sites is 1. The maximum Gasteiger partial charge on any atom is 0.245 e. The van der Waals surface area contributed by atoms with E-state index in [-0.39, 0.29) is 0 Å². The normalized spacial score (nSPS) is 9.70. The van der Waals surface area contributed by atoms with Crippen molar-refractivity contribution in [3.63, 3.8) is 0 Å². The zero-order valence-corrected chi connectivity index (χ0v) is 11.4. The van der Waals surface area contributed by atoms with Gasteiger partial charge < -0.3 is 15.4 Å². The second kappa shape index (κ2) is 7.78. The largest absolute Gasteiger partial charge is 0.493 e. The van der Waals surface area contributed by atoms with Crippen LogP contribution in [0.1, 0.15) is 18.7 Å². The highest BCUT2D eigenvalue weighted by Crippen LogP contribution is 2.23. The lowest BCUT2D eigenvalue weighted by atomic mass is 10.1. The first kappa shape index (κ1) is 15.5. The van der Waals surface area contributed by atoms with Gasteiger partial charge in [-0.3, -0.25) is 9.59 Å². The van der Waals surface area contributed by atoms with Gasteiger partial charge in [0, 0.05) is 5.56 Å². The van der Waals surface area contributed by atoms with Crippen molar-refractivity contribution < 1.29 is 14.3 Å². The van der Waals surface area contributed by atoms with Crippen LogP contribution in [0.25, 0.3) is 0 Å². The van der Waals surface area contributed by atoms with Gasteiger partial charge in [0.2, 0.25) is 11.8 Å². The highest BCUT2D eigenvalue weighted by atomic mass is 16.5. The molecular weight excluding hydrogens is 256 g/mol. The maximum atomic E-state index is 11.5. The van der Waals surface area contributed by atoms with E-state index in [1.807, 2.05) is 13.0 Å². The zero-order valence-electron chi connectivity index (χ0n) is 11.4. The minimum absolute atomic E-state index is 0.398. The Morgan fingerprint density at radius 2 is 1.75 bits per heavy atom. The number of hydrogen-bond donors (Lipinski definition) is 2. The Balaban J connectivity index is 3.07. The van der Waals surface area contributed by atoms with E-state index in [0.29, 0.717) is 17.9 Å². The molecule has 2 amide bonds. The van der Waals surface area contributed by atoms with Crippen LogP contribution in [-0.4, -0.2) is 18.4 Å². The molecule has 20 heavy (non-hydrogen) atoms. The number of ether oxygens (including phenoxy) is 1. The van der Waals surface area contributed by atoms with Crippen LogP contribution in [0.15, 0.2) is 49.6 Å². The molecule has 0 aliphatic heterocycles. The maximum absolute atomic E-state index is 11.5. The van der Waals surface area contributed by atoms with Crippen LogP contribution in [0.2, 0.25) is 0 Å². The van der Waals surface area contributed by atoms with Gasteiger partial charge in [-0.05, 0) is 25.1 Å². The van der Waals surface area contributed by atoms with Gasteiger partial charge in [0.05, 0.1) is 6.61 Å². The first-order chi connectivity index (χ1) is 9.62. The van der Waals surface area contributed by atoms with E-state index < -0.39 is 18.0 Å². The summed E-state index contributed by atoms with van der Waals surface area (Å²) in [5.41, 5.74) is 0.653. The number of benzene rings is 1. The highest BCUT2D eigenvalue weighted by Gasteiger charge is 2.18. The van der Waals surface area contributed by atoms with E-state index in [2.05, 4.69) is 23.8 Å². The van der Waals surface area contributed by atoms with E-state index in [0.717, 1.165) is 12.2 Å². The number of hydrogen-bond acceptors (Lipinski definition) is 3. The number of carbonyl (C=O) groups is 2. The Morgan fingerprint density at radius 1 is 1.20 bits per heavy atom. The van der Waals surface area contributed by atoms with Crippen molar-refractivity contribution in [2.45, 2.75) is 13.1 Å². The minimum atomic E-state index is -0.714. The third kappa shape index (κ3) is 4.28. The Kier molecular flexibility index (Phi) is 6.03. The average Bonchev–Trinajstić information content (AvgIpc) is 2.47. The van der Waals surface area contributed by atoms with E-state index in [1.54, 1.807) is 18.2 Å². The molecule has 0 unspecified atom stereocenters. The quantitative estimate of drug-likeness (QED) is 0.587. The summed E-state index contributed by atoms with van der Waals surface area (Å²) >= 11 is 0. The van der Waals surface area contributed by atoms with Gasteiger partial charge in [-0.2, -0.15) is 0 Å². The molecule has 0 heterocycles. The van der Waals surface area contributed by atoms with Crippen LogP contribution >= 0.6 is 0 Å². The first-order valence-electron chi connectivity index (χ1n) is 6.20. The summed E-state index contributed by atoms with van der Waals surface area (Å²) in [5.74, 6) is -0.204. The van der Waals surface area contributed by atoms with E-state index >= 15 is 0 Å². The fourth-order valence-electron chi connectivity index (χ4n) is 1.60. The van der Waals surface area contributed by atoms with Crippen molar-refractivity contribution in [1.29, 1.82) is 0 Å². The molecule has 106 valence electrons. The predicted molar refractivity (Wildman–Crippen MR) is 77.0 cm³/mol. The molecule has 1 aromatic rings. The SMILES string of the molecule is C=CC(=O)NC(NC(=O)C=C)c1ccccc1OCC. The molecule has 0 aliphatic carbocycles. The van der Waals surface area contributed by atoms with Crippen LogP contribution < -0.4 is 15.4 Å². The van der Waals surface area contributed by atoms with Gasteiger partial charge in [0.1, 0.15) is 11.9 Å². The van der Waals surface area contributed by atoms with E-state index in [4.69, 9.17) is 4.74 Å². The van der Waals surface area contributed by atoms with Gasteiger partial charge in [-0.1, -0.05) is 31.4 Å². The Labute approximate surface area is 118 Å². The van der Waals surface area contributed by atoms with Gasteiger partial charge in [-0.25, -0.2) is 0 Å². The lowest BCUT2D eigenvalue weighted by molar-refractivity contribution is -0.119. The van der Waals surface area contributed by atoms with Gasteiger partial charge in [0.15, 0.2) is 0 Å². The molecule has 1 rings (SSSR count). The fourth-order valence-corrected chi connectivity index (χ4v) is 1.60. The van der Waals surface area contributed by atoms with Crippen molar-refractivity contribution in [2.75, 3.05) is 6.61 Å². The molecule has 0 fully saturated rings. The molecule has 0 saturated carbocycles. The molecule has 0 radical (unpaired) electrons. The summed E-state index contributed by atoms with van der Waals surface area (Å²) in [6.07, 6.45) is 1.56. The van der Waals surface area contributed by atoms with Crippen LogP contribution in [0.5, 0.6) is 5.75 Å². The zero-order chi connectivity index (χ0) is 15.0. The fraction of sp³-hybridized carbons (Fsp3) is 0.200. The summed E-state index contributed by atoms with van der Waals surface area (Å²) in [4.78, 5) is 23.0. The summed E-state index contributed by atoms with van der Waals surface area (Å²) in [6, 6.07) is 7.15. The number of nitrogens with one attached hydrogen (secondary N) is 2. The standard InChI is InChI=1S/C15H18N2O3/c1-4-13(18)16-15(17-14(19)5-2)11-9-7-8-10-12(11)20-6-3/h4-5,7-10,15H,1-2,6H2,3H3,(H,16,18)(H,17,19). The monoisotopic (exact) mass is 274 g/mol. The van der Waals surface area contributed by atoms with Crippen LogP contribution in [-0.2, 0) is 9.59 Å².